The predicted octanol–water partition coefficient (Wildman–Crippen LogP) is -0.0438. The molecule has 0 atom stereocenters. The maximum absolute atomic E-state index is 12.1. The number of hydrogen-bond donors (Lipinski definition) is 2. The van der Waals surface area contributed by atoms with Crippen molar-refractivity contribution in [2.24, 2.45) is 5.10 Å². The van der Waals surface area contributed by atoms with Gasteiger partial charge in [0.05, 0.1) is 6.21 Å². The normalized spacial score (nSPS) is 11.0. The Labute approximate surface area is 146 Å². The summed E-state index contributed by atoms with van der Waals surface area (Å²) in [5, 5.41) is 9.86. The number of aromatic nitrogens is 4. The molecule has 25 heavy (non-hydrogen) atoms. The van der Waals surface area contributed by atoms with Gasteiger partial charge in [-0.1, -0.05) is 12.1 Å². The molecular formula is C15H15N7O2S. The highest BCUT2D eigenvalue weighted by molar-refractivity contribution is 7.09. The Kier molecular flexibility index (Phi) is 5.00. The van der Waals surface area contributed by atoms with Crippen LogP contribution in [0.15, 0.2) is 51.9 Å². The summed E-state index contributed by atoms with van der Waals surface area (Å²) >= 11 is 1.54. The molecular weight excluding hydrogens is 342 g/mol. The van der Waals surface area contributed by atoms with E-state index in [-0.39, 0.29) is 6.54 Å². The van der Waals surface area contributed by atoms with Crippen LogP contribution in [0.1, 0.15) is 16.3 Å². The Hall–Kier alpha value is -3.27. The van der Waals surface area contributed by atoms with Gasteiger partial charge in [-0.25, -0.2) is 14.9 Å². The van der Waals surface area contributed by atoms with E-state index in [1.807, 2.05) is 17.5 Å². The van der Waals surface area contributed by atoms with E-state index < -0.39 is 11.6 Å². The summed E-state index contributed by atoms with van der Waals surface area (Å²) in [4.78, 5) is 28.9. The van der Waals surface area contributed by atoms with Crippen LogP contribution in [0.3, 0.4) is 0 Å². The van der Waals surface area contributed by atoms with Crippen LogP contribution in [0.2, 0.25) is 0 Å². The van der Waals surface area contributed by atoms with E-state index in [4.69, 9.17) is 5.84 Å². The quantitative estimate of drug-likeness (QED) is 0.364. The first kappa shape index (κ1) is 16.6. The number of hydrazone groups is 1. The molecule has 0 spiro atoms. The van der Waals surface area contributed by atoms with Gasteiger partial charge in [0.15, 0.2) is 5.82 Å². The third-order valence-corrected chi connectivity index (χ3v) is 4.11. The monoisotopic (exact) mass is 357 g/mol. The van der Waals surface area contributed by atoms with Gasteiger partial charge in [-0.3, -0.25) is 9.78 Å². The molecule has 0 aliphatic heterocycles. The predicted molar refractivity (Wildman–Crippen MR) is 93.7 cm³/mol. The van der Waals surface area contributed by atoms with Gasteiger partial charge in [0, 0.05) is 29.3 Å². The first-order chi connectivity index (χ1) is 12.1. The van der Waals surface area contributed by atoms with Crippen molar-refractivity contribution in [3.05, 3.63) is 68.8 Å². The highest BCUT2D eigenvalue weighted by atomic mass is 32.1. The molecule has 3 aromatic heterocycles. The third-order valence-electron chi connectivity index (χ3n) is 3.23. The Morgan fingerprint density at radius 1 is 1.40 bits per heavy atom. The highest BCUT2D eigenvalue weighted by Gasteiger charge is 2.14. The van der Waals surface area contributed by atoms with E-state index >= 15 is 0 Å². The second-order valence-corrected chi connectivity index (χ2v) is 6.09. The number of carbonyl (C=O) groups excluding carboxylic acids is 1. The molecule has 0 fully saturated rings. The molecule has 10 heteroatoms. The number of nitrogens with one attached hydrogen (secondary N) is 1. The molecule has 3 aromatic rings. The van der Waals surface area contributed by atoms with Gasteiger partial charge in [-0.15, -0.1) is 11.3 Å². The summed E-state index contributed by atoms with van der Waals surface area (Å²) in [6.07, 6.45) is 5.13. The highest BCUT2D eigenvalue weighted by Crippen LogP contribution is 2.11. The Morgan fingerprint density at radius 2 is 2.28 bits per heavy atom. The third kappa shape index (κ3) is 4.18. The number of nitrogens with two attached hydrogens (primary N) is 1. The van der Waals surface area contributed by atoms with Crippen LogP contribution >= 0.6 is 11.3 Å². The topological polar surface area (TPSA) is 120 Å². The first-order valence-electron chi connectivity index (χ1n) is 7.31. The van der Waals surface area contributed by atoms with Crippen LogP contribution in [0.5, 0.6) is 0 Å². The zero-order valence-corrected chi connectivity index (χ0v) is 13.9. The smallest absolute Gasteiger partial charge is 0.333 e. The number of thiophene rings is 1. The lowest BCUT2D eigenvalue weighted by atomic mass is 10.3. The van der Waals surface area contributed by atoms with Crippen LogP contribution < -0.4 is 17.0 Å². The summed E-state index contributed by atoms with van der Waals surface area (Å²) in [7, 11) is 0. The van der Waals surface area contributed by atoms with E-state index in [1.54, 1.807) is 35.9 Å². The summed E-state index contributed by atoms with van der Waals surface area (Å²) in [6.45, 7) is -0.273. The van der Waals surface area contributed by atoms with E-state index in [0.717, 1.165) is 19.8 Å². The van der Waals surface area contributed by atoms with Crippen molar-refractivity contribution < 1.29 is 4.79 Å². The van der Waals surface area contributed by atoms with E-state index in [2.05, 4.69) is 20.6 Å². The van der Waals surface area contributed by atoms with Gasteiger partial charge in [-0.05, 0) is 17.5 Å². The lowest BCUT2D eigenvalue weighted by Gasteiger charge is -1.98. The maximum Gasteiger partial charge on any atom is 0.365 e. The zero-order valence-electron chi connectivity index (χ0n) is 13.1. The van der Waals surface area contributed by atoms with Crippen LogP contribution in [0.25, 0.3) is 0 Å². The molecule has 0 aromatic carbocycles. The lowest BCUT2D eigenvalue weighted by molar-refractivity contribution is -0.121. The number of hydrogen-bond acceptors (Lipinski definition) is 7. The zero-order chi connectivity index (χ0) is 17.6. The number of carbonyl (C=O) groups is 1. The Bertz CT molecular complexity index is 929. The molecule has 9 nitrogen and oxygen atoms in total. The fraction of sp³-hybridized carbons (Fsp3) is 0.133. The molecule has 0 unspecified atom stereocenters. The summed E-state index contributed by atoms with van der Waals surface area (Å²) < 4.78 is 1.96. The van der Waals surface area contributed by atoms with Crippen LogP contribution in [0.4, 0.5) is 0 Å². The molecule has 3 N–H and O–H groups in total. The van der Waals surface area contributed by atoms with E-state index in [0.29, 0.717) is 12.2 Å². The second-order valence-electron chi connectivity index (χ2n) is 5.06. The molecule has 0 saturated heterocycles. The fourth-order valence-electron chi connectivity index (χ4n) is 2.06. The average molecular weight is 357 g/mol. The summed E-state index contributed by atoms with van der Waals surface area (Å²) in [6, 6.07) is 7.38. The van der Waals surface area contributed by atoms with Crippen molar-refractivity contribution in [1.82, 2.24) is 24.9 Å². The summed E-state index contributed by atoms with van der Waals surface area (Å²) in [5.41, 5.74) is 2.52. The standard InChI is InChI=1S/C15H15N7O2S/c16-22-13(7-12-4-2-6-25-12)20-21(15(22)24)10-14(23)19-18-9-11-3-1-5-17-8-11/h1-6,8-9H,7,10,16H2,(H,19,23)/b18-9+. The van der Waals surface area contributed by atoms with Gasteiger partial charge in [0.2, 0.25) is 0 Å². The van der Waals surface area contributed by atoms with Crippen molar-refractivity contribution in [2.75, 3.05) is 5.84 Å². The fourth-order valence-corrected chi connectivity index (χ4v) is 2.76. The number of rotatable bonds is 6. The molecule has 128 valence electrons. The summed E-state index contributed by atoms with van der Waals surface area (Å²) in [5.74, 6) is 5.63. The van der Waals surface area contributed by atoms with Crippen LogP contribution in [-0.2, 0) is 17.8 Å². The molecule has 0 aliphatic rings. The maximum atomic E-state index is 12.1. The van der Waals surface area contributed by atoms with Gasteiger partial charge in [0.25, 0.3) is 5.91 Å². The van der Waals surface area contributed by atoms with Gasteiger partial charge in [-0.2, -0.15) is 14.9 Å². The SMILES string of the molecule is Nn1c(Cc2cccs2)nn(CC(=O)N/N=C/c2cccnc2)c1=O. The van der Waals surface area contributed by atoms with Crippen LogP contribution in [0, 0.1) is 0 Å². The molecule has 0 aliphatic carbocycles. The van der Waals surface area contributed by atoms with E-state index in [9.17, 15) is 9.59 Å². The minimum absolute atomic E-state index is 0.273. The molecule has 3 heterocycles. The lowest BCUT2D eigenvalue weighted by Crippen LogP contribution is -2.34. The number of pyridine rings is 1. The molecule has 3 rings (SSSR count). The molecule has 0 saturated carbocycles. The largest absolute Gasteiger partial charge is 0.365 e. The minimum atomic E-state index is -0.557. The Morgan fingerprint density at radius 3 is 3.00 bits per heavy atom. The van der Waals surface area contributed by atoms with E-state index in [1.165, 1.54) is 6.21 Å². The first-order valence-corrected chi connectivity index (χ1v) is 8.19. The van der Waals surface area contributed by atoms with Crippen molar-refractivity contribution in [3.63, 3.8) is 0 Å². The second kappa shape index (κ2) is 7.53. The number of nitrogens with zero attached hydrogens (tertiary/aromatic N) is 5. The van der Waals surface area contributed by atoms with Crippen molar-refractivity contribution in [3.8, 4) is 0 Å². The molecule has 1 amide bonds. The van der Waals surface area contributed by atoms with Crippen molar-refractivity contribution in [2.45, 2.75) is 13.0 Å². The molecule has 0 radical (unpaired) electrons. The van der Waals surface area contributed by atoms with Gasteiger partial charge >= 0.3 is 5.69 Å². The Balaban J connectivity index is 1.63. The number of amides is 1. The van der Waals surface area contributed by atoms with Gasteiger partial charge < -0.3 is 5.84 Å². The van der Waals surface area contributed by atoms with Crippen LogP contribution in [-0.4, -0.2) is 31.6 Å². The minimum Gasteiger partial charge on any atom is -0.333 e. The average Bonchev–Trinajstić information content (AvgIpc) is 3.21. The van der Waals surface area contributed by atoms with Crippen molar-refractivity contribution in [1.29, 1.82) is 0 Å². The molecule has 0 bridgehead atoms. The van der Waals surface area contributed by atoms with Crippen molar-refractivity contribution >= 4 is 23.5 Å². The number of nitrogen functional groups attached to an aromatic ring is 1. The van der Waals surface area contributed by atoms with Gasteiger partial charge in [0.1, 0.15) is 6.54 Å².